The van der Waals surface area contributed by atoms with Gasteiger partial charge in [-0.05, 0) is 68.6 Å². The van der Waals surface area contributed by atoms with Crippen molar-refractivity contribution in [3.8, 4) is 11.1 Å². The Morgan fingerprint density at radius 3 is 2.50 bits per heavy atom. The van der Waals surface area contributed by atoms with E-state index in [1.165, 1.54) is 24.1 Å². The Balaban J connectivity index is 1.15. The number of nitrogens with one attached hydrogen (secondary N) is 2. The van der Waals surface area contributed by atoms with Crippen LogP contribution in [-0.2, 0) is 28.9 Å². The highest BCUT2D eigenvalue weighted by Crippen LogP contribution is 2.20. The molecular formula is C28H33N5O3. The van der Waals surface area contributed by atoms with Crippen LogP contribution in [0, 0.1) is 0 Å². The van der Waals surface area contributed by atoms with E-state index in [9.17, 15) is 14.7 Å². The molecule has 0 saturated carbocycles. The van der Waals surface area contributed by atoms with E-state index in [1.54, 1.807) is 12.4 Å². The second kappa shape index (κ2) is 12.8. The van der Waals surface area contributed by atoms with Crippen molar-refractivity contribution < 1.29 is 14.7 Å². The molecule has 8 nitrogen and oxygen atoms in total. The molecule has 1 amide bonds. The van der Waals surface area contributed by atoms with Crippen LogP contribution >= 0.6 is 0 Å². The summed E-state index contributed by atoms with van der Waals surface area (Å²) >= 11 is 0. The molecule has 36 heavy (non-hydrogen) atoms. The summed E-state index contributed by atoms with van der Waals surface area (Å²) < 4.78 is 0. The number of anilines is 1. The molecule has 1 aromatic carbocycles. The van der Waals surface area contributed by atoms with Crippen LogP contribution in [0.1, 0.15) is 55.5 Å². The number of carbonyl (C=O) groups is 2. The molecule has 0 fully saturated rings. The first kappa shape index (κ1) is 25.3. The van der Waals surface area contributed by atoms with Crippen LogP contribution in [0.25, 0.3) is 11.1 Å². The number of fused-ring (bicyclic) bond motifs is 1. The van der Waals surface area contributed by atoms with E-state index in [-0.39, 0.29) is 24.8 Å². The zero-order valence-corrected chi connectivity index (χ0v) is 20.4. The molecule has 0 bridgehead atoms. The van der Waals surface area contributed by atoms with Gasteiger partial charge in [0, 0.05) is 42.3 Å². The van der Waals surface area contributed by atoms with Crippen LogP contribution in [0.15, 0.2) is 54.9 Å². The number of carboxylic acids is 1. The number of aliphatic carboxylic acids is 1. The molecule has 2 aromatic heterocycles. The summed E-state index contributed by atoms with van der Waals surface area (Å²) in [4.78, 5) is 37.2. The predicted octanol–water partition coefficient (Wildman–Crippen LogP) is 4.20. The number of aryl methyl sites for hydroxylation is 3. The maximum Gasteiger partial charge on any atom is 0.326 e. The summed E-state index contributed by atoms with van der Waals surface area (Å²) in [5.74, 6) is -0.845. The molecule has 0 unspecified atom stereocenters. The van der Waals surface area contributed by atoms with Gasteiger partial charge >= 0.3 is 5.97 Å². The zero-order chi connectivity index (χ0) is 25.2. The van der Waals surface area contributed by atoms with Gasteiger partial charge in [0.1, 0.15) is 6.04 Å². The molecule has 0 spiro atoms. The van der Waals surface area contributed by atoms with E-state index in [0.717, 1.165) is 48.9 Å². The maximum absolute atomic E-state index is 12.2. The number of amides is 1. The number of pyridine rings is 1. The van der Waals surface area contributed by atoms with Gasteiger partial charge < -0.3 is 15.7 Å². The van der Waals surface area contributed by atoms with Gasteiger partial charge in [0.15, 0.2) is 0 Å². The Morgan fingerprint density at radius 1 is 0.944 bits per heavy atom. The fourth-order valence-corrected chi connectivity index (χ4v) is 4.40. The quantitative estimate of drug-likeness (QED) is 0.328. The summed E-state index contributed by atoms with van der Waals surface area (Å²) in [6, 6.07) is 13.1. The summed E-state index contributed by atoms with van der Waals surface area (Å²) in [6.45, 7) is 0.261. The number of unbranched alkanes of at least 4 members (excludes halogenated alkanes) is 1. The first-order valence-electron chi connectivity index (χ1n) is 12.7. The number of nitrogens with zero attached hydrogens (tertiary/aromatic N) is 3. The standard InChI is InChI=1S/C28H33N5O3/c34-26(13-7-5-11-23-15-14-21-10-4-6-12-24(21)32-23)29-17-16-25(27(35)36)33-28-30-18-22(19-31-28)20-8-2-1-3-9-20/h1-3,8-9,14-15,18-19,25H,4-7,10-13,16-17H2,(H,29,34)(H,35,36)(H,30,31,33)/t25-/m0/s1. The van der Waals surface area contributed by atoms with Crippen molar-refractivity contribution in [3.63, 3.8) is 0 Å². The highest BCUT2D eigenvalue weighted by Gasteiger charge is 2.18. The first-order chi connectivity index (χ1) is 17.6. The Hall–Kier alpha value is -3.81. The van der Waals surface area contributed by atoms with Gasteiger partial charge in [0.2, 0.25) is 11.9 Å². The summed E-state index contributed by atoms with van der Waals surface area (Å²) in [5, 5.41) is 15.2. The topological polar surface area (TPSA) is 117 Å². The number of hydrogen-bond donors (Lipinski definition) is 3. The lowest BCUT2D eigenvalue weighted by molar-refractivity contribution is -0.138. The second-order valence-electron chi connectivity index (χ2n) is 9.16. The monoisotopic (exact) mass is 487 g/mol. The third-order valence-corrected chi connectivity index (χ3v) is 6.44. The van der Waals surface area contributed by atoms with E-state index >= 15 is 0 Å². The van der Waals surface area contributed by atoms with Crippen LogP contribution in [-0.4, -0.2) is 44.5 Å². The van der Waals surface area contributed by atoms with Crippen LogP contribution < -0.4 is 10.6 Å². The molecule has 3 aromatic rings. The van der Waals surface area contributed by atoms with E-state index in [0.29, 0.717) is 6.42 Å². The molecule has 8 heteroatoms. The Labute approximate surface area is 211 Å². The largest absolute Gasteiger partial charge is 0.480 e. The molecule has 2 heterocycles. The Bertz CT molecular complexity index is 1150. The Morgan fingerprint density at radius 2 is 1.72 bits per heavy atom. The highest BCUT2D eigenvalue weighted by molar-refractivity contribution is 5.77. The third-order valence-electron chi connectivity index (χ3n) is 6.44. The second-order valence-corrected chi connectivity index (χ2v) is 9.16. The highest BCUT2D eigenvalue weighted by atomic mass is 16.4. The summed E-state index contributed by atoms with van der Waals surface area (Å²) in [5.41, 5.74) is 5.57. The van der Waals surface area contributed by atoms with E-state index in [2.05, 4.69) is 32.7 Å². The number of benzene rings is 1. The molecule has 0 aliphatic heterocycles. The van der Waals surface area contributed by atoms with Crippen LogP contribution in [0.4, 0.5) is 5.95 Å². The summed E-state index contributed by atoms with van der Waals surface area (Å²) in [6.07, 6.45) is 11.2. The molecular weight excluding hydrogens is 454 g/mol. The summed E-state index contributed by atoms with van der Waals surface area (Å²) in [7, 11) is 0. The molecule has 4 rings (SSSR count). The van der Waals surface area contributed by atoms with Crippen molar-refractivity contribution in [2.24, 2.45) is 0 Å². The maximum atomic E-state index is 12.2. The average Bonchev–Trinajstić information content (AvgIpc) is 2.91. The lowest BCUT2D eigenvalue weighted by Crippen LogP contribution is -2.35. The van der Waals surface area contributed by atoms with Crippen molar-refractivity contribution in [2.75, 3.05) is 11.9 Å². The van der Waals surface area contributed by atoms with E-state index in [1.807, 2.05) is 30.3 Å². The van der Waals surface area contributed by atoms with Crippen LogP contribution in [0.3, 0.4) is 0 Å². The van der Waals surface area contributed by atoms with E-state index < -0.39 is 12.0 Å². The third kappa shape index (κ3) is 7.34. The van der Waals surface area contributed by atoms with Gasteiger partial charge in [-0.3, -0.25) is 9.78 Å². The van der Waals surface area contributed by atoms with Crippen molar-refractivity contribution >= 4 is 17.8 Å². The minimum atomic E-state index is -1.02. The lowest BCUT2D eigenvalue weighted by atomic mass is 9.95. The number of aromatic nitrogens is 3. The number of carboxylic acid groups (broad SMARTS) is 1. The van der Waals surface area contributed by atoms with Crippen molar-refractivity contribution in [3.05, 3.63) is 71.8 Å². The Kier molecular flexibility index (Phi) is 8.97. The minimum absolute atomic E-state index is 0.0685. The average molecular weight is 488 g/mol. The molecule has 0 saturated heterocycles. The van der Waals surface area contributed by atoms with Gasteiger partial charge in [-0.15, -0.1) is 0 Å². The smallest absolute Gasteiger partial charge is 0.326 e. The van der Waals surface area contributed by atoms with Crippen LogP contribution in [0.5, 0.6) is 0 Å². The number of carbonyl (C=O) groups excluding carboxylic acids is 1. The fraction of sp³-hybridized carbons (Fsp3) is 0.393. The fourth-order valence-electron chi connectivity index (χ4n) is 4.40. The van der Waals surface area contributed by atoms with Crippen molar-refractivity contribution in [2.45, 2.75) is 63.8 Å². The predicted molar refractivity (Wildman–Crippen MR) is 139 cm³/mol. The van der Waals surface area contributed by atoms with Gasteiger partial charge in [0.05, 0.1) is 0 Å². The minimum Gasteiger partial charge on any atom is -0.480 e. The molecule has 0 radical (unpaired) electrons. The lowest BCUT2D eigenvalue weighted by Gasteiger charge is -2.15. The first-order valence-corrected chi connectivity index (χ1v) is 12.7. The molecule has 1 aliphatic carbocycles. The van der Waals surface area contributed by atoms with E-state index in [4.69, 9.17) is 4.98 Å². The normalized spacial score (nSPS) is 13.4. The number of rotatable bonds is 12. The van der Waals surface area contributed by atoms with Crippen molar-refractivity contribution in [1.29, 1.82) is 0 Å². The van der Waals surface area contributed by atoms with Crippen molar-refractivity contribution in [1.82, 2.24) is 20.3 Å². The van der Waals surface area contributed by atoms with Gasteiger partial charge in [0.25, 0.3) is 0 Å². The van der Waals surface area contributed by atoms with Gasteiger partial charge in [-0.1, -0.05) is 36.4 Å². The molecule has 188 valence electrons. The molecule has 1 atom stereocenters. The van der Waals surface area contributed by atoms with Gasteiger partial charge in [-0.2, -0.15) is 0 Å². The van der Waals surface area contributed by atoms with Crippen LogP contribution in [0.2, 0.25) is 0 Å². The molecule has 3 N–H and O–H groups in total. The SMILES string of the molecule is O=C(CCCCc1ccc2c(n1)CCCC2)NCC[C@H](Nc1ncc(-c2ccccc2)cn1)C(=O)O. The number of hydrogen-bond acceptors (Lipinski definition) is 6. The van der Waals surface area contributed by atoms with Gasteiger partial charge in [-0.25, -0.2) is 14.8 Å². The zero-order valence-electron chi connectivity index (χ0n) is 20.4. The molecule has 1 aliphatic rings.